The summed E-state index contributed by atoms with van der Waals surface area (Å²) in [6, 6.07) is 21.0. The van der Waals surface area contributed by atoms with Crippen LogP contribution in [-0.4, -0.2) is 9.80 Å². The second-order valence-corrected chi connectivity index (χ2v) is 4.73. The first-order valence-electron chi connectivity index (χ1n) is 6.53. The number of benzene rings is 2. The summed E-state index contributed by atoms with van der Waals surface area (Å²) in [4.78, 5) is 4.41. The van der Waals surface area contributed by atoms with Crippen molar-refractivity contribution < 1.29 is 34.8 Å². The Balaban J connectivity index is 0.00000110. The SMILES string of the molecule is C1=CN(Cc2ccccc2)[CH-]N1Cc1ccccc1.[Au+].[Cl-]. The third kappa shape index (κ3) is 5.25. The molecule has 0 bridgehead atoms. The molecule has 2 aromatic carbocycles. The van der Waals surface area contributed by atoms with Crippen LogP contribution in [0.1, 0.15) is 11.1 Å². The van der Waals surface area contributed by atoms with Gasteiger partial charge in [-0.1, -0.05) is 60.7 Å². The molecule has 0 N–H and O–H groups in total. The van der Waals surface area contributed by atoms with Gasteiger partial charge in [-0.3, -0.25) is 0 Å². The molecule has 4 heteroatoms. The van der Waals surface area contributed by atoms with Crippen molar-refractivity contribution in [3.63, 3.8) is 0 Å². The molecule has 0 atom stereocenters. The van der Waals surface area contributed by atoms with E-state index in [4.69, 9.17) is 0 Å². The standard InChI is InChI=1S/C17H17N2.Au.ClH/c1-3-7-16(8-4-1)13-18-11-12-19(15-18)14-17-9-5-2-6-10-17;;/h1-12,15H,13-14H2;;1H/q-1;+1;/p-1. The summed E-state index contributed by atoms with van der Waals surface area (Å²) in [7, 11) is 0. The fraction of sp³-hybridized carbons (Fsp3) is 0.118. The molecule has 0 spiro atoms. The quantitative estimate of drug-likeness (QED) is 0.466. The van der Waals surface area contributed by atoms with Gasteiger partial charge < -0.3 is 22.2 Å². The third-order valence-corrected chi connectivity index (χ3v) is 3.16. The number of nitrogens with zero attached hydrogens (tertiary/aromatic N) is 2. The molecule has 0 unspecified atom stereocenters. The average Bonchev–Trinajstić information content (AvgIpc) is 2.88. The second-order valence-electron chi connectivity index (χ2n) is 4.73. The summed E-state index contributed by atoms with van der Waals surface area (Å²) in [6.07, 6.45) is 4.24. The van der Waals surface area contributed by atoms with Crippen molar-refractivity contribution in [3.05, 3.63) is 90.9 Å². The number of halogens is 1. The summed E-state index contributed by atoms with van der Waals surface area (Å²) >= 11 is 0. The summed E-state index contributed by atoms with van der Waals surface area (Å²) < 4.78 is 0. The molecule has 0 saturated heterocycles. The van der Waals surface area contributed by atoms with E-state index in [1.165, 1.54) is 11.1 Å². The maximum Gasteiger partial charge on any atom is 1.00 e. The van der Waals surface area contributed by atoms with Crippen molar-refractivity contribution in [2.75, 3.05) is 0 Å². The Morgan fingerprint density at radius 2 is 1.05 bits per heavy atom. The number of hydrogen-bond acceptors (Lipinski definition) is 2. The van der Waals surface area contributed by atoms with Crippen molar-refractivity contribution in [2.45, 2.75) is 13.1 Å². The zero-order valence-electron chi connectivity index (χ0n) is 11.5. The van der Waals surface area contributed by atoms with Crippen LogP contribution >= 0.6 is 0 Å². The third-order valence-electron chi connectivity index (χ3n) is 3.16. The topological polar surface area (TPSA) is 6.48 Å². The molecule has 1 heterocycles. The molecule has 2 aromatic rings. The Hall–Kier alpha value is -1.19. The van der Waals surface area contributed by atoms with Gasteiger partial charge in [0.05, 0.1) is 0 Å². The molecule has 1 aliphatic rings. The molecule has 21 heavy (non-hydrogen) atoms. The van der Waals surface area contributed by atoms with Crippen LogP contribution in [-0.2, 0) is 35.5 Å². The molecule has 2 nitrogen and oxygen atoms in total. The van der Waals surface area contributed by atoms with Crippen LogP contribution in [0.15, 0.2) is 73.1 Å². The Kier molecular flexibility index (Phi) is 7.62. The van der Waals surface area contributed by atoms with Crippen molar-refractivity contribution in [1.29, 1.82) is 0 Å². The molecule has 0 aliphatic carbocycles. The monoisotopic (exact) mass is 481 g/mol. The first-order valence-corrected chi connectivity index (χ1v) is 6.53. The van der Waals surface area contributed by atoms with Gasteiger partial charge in [-0.15, -0.1) is 0 Å². The van der Waals surface area contributed by atoms with Crippen LogP contribution in [0.4, 0.5) is 0 Å². The first kappa shape index (κ1) is 17.9. The van der Waals surface area contributed by atoms with Crippen LogP contribution in [0.3, 0.4) is 0 Å². The summed E-state index contributed by atoms with van der Waals surface area (Å²) in [5.41, 5.74) is 2.65. The van der Waals surface area contributed by atoms with E-state index in [2.05, 4.69) is 89.5 Å². The molecule has 114 valence electrons. The predicted molar refractivity (Wildman–Crippen MR) is 77.4 cm³/mol. The normalized spacial score (nSPS) is 12.8. The molecule has 0 saturated carbocycles. The zero-order valence-corrected chi connectivity index (χ0v) is 14.4. The minimum absolute atomic E-state index is 0. The Morgan fingerprint density at radius 3 is 1.43 bits per heavy atom. The Labute approximate surface area is 148 Å². The smallest absolute Gasteiger partial charge is 1.00 e. The molecular formula is C17H17AuClN2-. The van der Waals surface area contributed by atoms with Gasteiger partial charge in [0.15, 0.2) is 0 Å². The average molecular weight is 482 g/mol. The van der Waals surface area contributed by atoms with Gasteiger partial charge in [0.1, 0.15) is 0 Å². The van der Waals surface area contributed by atoms with Crippen LogP contribution in [0.2, 0.25) is 0 Å². The fourth-order valence-electron chi connectivity index (χ4n) is 2.21. The van der Waals surface area contributed by atoms with Crippen molar-refractivity contribution >= 4 is 0 Å². The van der Waals surface area contributed by atoms with Crippen LogP contribution in [0.5, 0.6) is 0 Å². The maximum atomic E-state index is 2.21. The zero-order chi connectivity index (χ0) is 12.9. The van der Waals surface area contributed by atoms with E-state index < -0.39 is 0 Å². The van der Waals surface area contributed by atoms with Crippen LogP contribution in [0, 0.1) is 6.67 Å². The number of hydrogen-bond donors (Lipinski definition) is 0. The molecule has 0 radical (unpaired) electrons. The predicted octanol–water partition coefficient (Wildman–Crippen LogP) is 0.596. The van der Waals surface area contributed by atoms with Gasteiger partial charge in [-0.25, -0.2) is 0 Å². The largest absolute Gasteiger partial charge is 1.00 e. The van der Waals surface area contributed by atoms with Crippen molar-refractivity contribution in [2.24, 2.45) is 0 Å². The number of rotatable bonds is 4. The van der Waals surface area contributed by atoms with E-state index in [9.17, 15) is 0 Å². The van der Waals surface area contributed by atoms with Gasteiger partial charge in [0.25, 0.3) is 0 Å². The van der Waals surface area contributed by atoms with Crippen molar-refractivity contribution in [1.82, 2.24) is 9.80 Å². The molecular weight excluding hydrogens is 465 g/mol. The van der Waals surface area contributed by atoms with Gasteiger partial charge in [-0.2, -0.15) is 6.67 Å². The van der Waals surface area contributed by atoms with Crippen molar-refractivity contribution in [3.8, 4) is 0 Å². The molecule has 0 aromatic heterocycles. The van der Waals surface area contributed by atoms with Crippen LogP contribution < -0.4 is 12.4 Å². The molecule has 0 fully saturated rings. The van der Waals surface area contributed by atoms with E-state index in [0.29, 0.717) is 0 Å². The van der Waals surface area contributed by atoms with E-state index >= 15 is 0 Å². The van der Waals surface area contributed by atoms with E-state index in [1.807, 2.05) is 0 Å². The molecule has 3 rings (SSSR count). The van der Waals surface area contributed by atoms with Gasteiger partial charge in [-0.05, 0) is 23.5 Å². The molecule has 1 aliphatic heterocycles. The van der Waals surface area contributed by atoms with E-state index in [0.717, 1.165) is 13.1 Å². The fourth-order valence-corrected chi connectivity index (χ4v) is 2.21. The van der Waals surface area contributed by atoms with E-state index in [-0.39, 0.29) is 34.8 Å². The molecule has 0 amide bonds. The Bertz CT molecular complexity index is 496. The minimum atomic E-state index is 0. The Morgan fingerprint density at radius 1 is 0.667 bits per heavy atom. The van der Waals surface area contributed by atoms with Crippen LogP contribution in [0.25, 0.3) is 0 Å². The van der Waals surface area contributed by atoms with Gasteiger partial charge in [0, 0.05) is 13.1 Å². The van der Waals surface area contributed by atoms with E-state index in [1.54, 1.807) is 0 Å². The minimum Gasteiger partial charge on any atom is -1.00 e. The van der Waals surface area contributed by atoms with Gasteiger partial charge >= 0.3 is 22.4 Å². The summed E-state index contributed by atoms with van der Waals surface area (Å²) in [6.45, 7) is 3.99. The summed E-state index contributed by atoms with van der Waals surface area (Å²) in [5, 5.41) is 0. The first-order chi connectivity index (χ1) is 9.40. The maximum absolute atomic E-state index is 2.21. The van der Waals surface area contributed by atoms with Gasteiger partial charge in [0.2, 0.25) is 0 Å². The second kappa shape index (κ2) is 8.96. The summed E-state index contributed by atoms with van der Waals surface area (Å²) in [5.74, 6) is 0.